The monoisotopic (exact) mass is 174 g/mol. The Hall–Kier alpha value is 2.92. The van der Waals surface area contributed by atoms with Gasteiger partial charge in [0.15, 0.2) is 0 Å². The smallest absolute Gasteiger partial charge is 1.00 e. The van der Waals surface area contributed by atoms with Gasteiger partial charge in [-0.25, -0.2) is 0 Å². The summed E-state index contributed by atoms with van der Waals surface area (Å²) in [6.45, 7) is 1.61. The predicted molar refractivity (Wildman–Crippen MR) is 35.3 cm³/mol. The van der Waals surface area contributed by atoms with Crippen molar-refractivity contribution in [3.8, 4) is 0 Å². The molecule has 0 saturated carbocycles. The maximum Gasteiger partial charge on any atom is 1.00 e. The van der Waals surface area contributed by atoms with Crippen molar-refractivity contribution in [2.75, 3.05) is 13.1 Å². The second-order valence-corrected chi connectivity index (χ2v) is 1.64. The first kappa shape index (κ1) is 23.1. The topological polar surface area (TPSA) is 52.0 Å². The van der Waals surface area contributed by atoms with Crippen molar-refractivity contribution >= 4 is 0 Å². The Balaban J connectivity index is -0.0000000120. The van der Waals surface area contributed by atoms with Crippen LogP contribution in [0.4, 0.5) is 0 Å². The average Bonchev–Trinajstić information content (AvgIpc) is 1.69. The van der Waals surface area contributed by atoms with E-state index in [1.807, 2.05) is 0 Å². The zero-order chi connectivity index (χ0) is 5.54. The Morgan fingerprint density at radius 3 is 1.20 bits per heavy atom. The van der Waals surface area contributed by atoms with Crippen LogP contribution >= 0.6 is 0 Å². The van der Waals surface area contributed by atoms with Crippen LogP contribution < -0.4 is 100 Å². The molecule has 5 heteroatoms. The van der Waals surface area contributed by atoms with E-state index in [9.17, 15) is 0 Å². The van der Waals surface area contributed by atoms with Crippen molar-refractivity contribution in [1.29, 1.82) is 0 Å². The first-order chi connectivity index (χ1) is 3.41. The second kappa shape index (κ2) is 22.7. The minimum atomic E-state index is 0. The minimum absolute atomic E-state index is 0. The van der Waals surface area contributed by atoms with E-state index < -0.39 is 0 Å². The predicted octanol–water partition coefficient (Wildman–Crippen LogP) is -8.58. The van der Waals surface area contributed by atoms with Crippen molar-refractivity contribution in [2.45, 2.75) is 19.3 Å². The van der Waals surface area contributed by atoms with Crippen LogP contribution in [0.2, 0.25) is 0 Å². The molecule has 0 rings (SSSR count). The normalized spacial score (nSPS) is 6.60. The fourth-order valence-corrected chi connectivity index (χ4v) is 0.465. The SMILES string of the molecule is NCCCCCN.[H-].[H-].[H-].[Na+].[Na+].[Na+]. The van der Waals surface area contributed by atoms with Crippen molar-refractivity contribution < 1.29 is 93.0 Å². The zero-order valence-corrected chi connectivity index (χ0v) is 13.7. The summed E-state index contributed by atoms with van der Waals surface area (Å²) in [6, 6.07) is 0. The molecule has 0 atom stereocenters. The Morgan fingerprint density at radius 1 is 0.700 bits per heavy atom. The Bertz CT molecular complexity index is 44.2. The van der Waals surface area contributed by atoms with E-state index >= 15 is 0 Å². The Morgan fingerprint density at radius 2 is 1.00 bits per heavy atom. The second-order valence-electron chi connectivity index (χ2n) is 1.64. The molecule has 0 spiro atoms. The minimum Gasteiger partial charge on any atom is -1.00 e. The summed E-state index contributed by atoms with van der Waals surface area (Å²) < 4.78 is 0. The third-order valence-corrected chi connectivity index (χ3v) is 0.908. The molecule has 10 heavy (non-hydrogen) atoms. The Labute approximate surface area is 135 Å². The molecular weight excluding hydrogens is 157 g/mol. The third kappa shape index (κ3) is 22.4. The first-order valence-corrected chi connectivity index (χ1v) is 2.82. The van der Waals surface area contributed by atoms with Gasteiger partial charge in [0.2, 0.25) is 0 Å². The van der Waals surface area contributed by atoms with Gasteiger partial charge in [-0.3, -0.25) is 0 Å². The van der Waals surface area contributed by atoms with Gasteiger partial charge >= 0.3 is 88.7 Å². The van der Waals surface area contributed by atoms with Gasteiger partial charge in [-0.05, 0) is 25.9 Å². The molecule has 0 aliphatic heterocycles. The van der Waals surface area contributed by atoms with E-state index in [1.165, 1.54) is 6.42 Å². The summed E-state index contributed by atoms with van der Waals surface area (Å²) in [4.78, 5) is 0. The fraction of sp³-hybridized carbons (Fsp3) is 1.00. The number of nitrogens with two attached hydrogens (primary N) is 2. The van der Waals surface area contributed by atoms with Gasteiger partial charge in [-0.1, -0.05) is 6.42 Å². The third-order valence-electron chi connectivity index (χ3n) is 0.908. The van der Waals surface area contributed by atoms with Gasteiger partial charge in [0.25, 0.3) is 0 Å². The van der Waals surface area contributed by atoms with E-state index in [0.29, 0.717) is 0 Å². The number of hydrogen-bond donors (Lipinski definition) is 2. The van der Waals surface area contributed by atoms with Gasteiger partial charge in [-0.15, -0.1) is 0 Å². The van der Waals surface area contributed by atoms with Gasteiger partial charge in [0.1, 0.15) is 0 Å². The summed E-state index contributed by atoms with van der Waals surface area (Å²) in [5, 5.41) is 0. The van der Waals surface area contributed by atoms with Crippen molar-refractivity contribution in [1.82, 2.24) is 0 Å². The number of hydrogen-bond acceptors (Lipinski definition) is 2. The molecule has 0 radical (unpaired) electrons. The van der Waals surface area contributed by atoms with Crippen LogP contribution in [-0.4, -0.2) is 13.1 Å². The van der Waals surface area contributed by atoms with Crippen LogP contribution in [0.5, 0.6) is 0 Å². The molecule has 0 amide bonds. The molecule has 0 fully saturated rings. The molecule has 0 unspecified atom stereocenters. The van der Waals surface area contributed by atoms with Crippen molar-refractivity contribution in [2.24, 2.45) is 11.5 Å². The zero-order valence-electron chi connectivity index (χ0n) is 10.7. The maximum absolute atomic E-state index is 5.23. The molecule has 0 aliphatic rings. The van der Waals surface area contributed by atoms with Crippen molar-refractivity contribution in [3.63, 3.8) is 0 Å². The van der Waals surface area contributed by atoms with Crippen LogP contribution in [0.3, 0.4) is 0 Å². The molecule has 0 aromatic rings. The summed E-state index contributed by atoms with van der Waals surface area (Å²) in [5.74, 6) is 0. The van der Waals surface area contributed by atoms with E-state index in [2.05, 4.69) is 0 Å². The largest absolute Gasteiger partial charge is 1.00 e. The van der Waals surface area contributed by atoms with E-state index in [-0.39, 0.29) is 93.0 Å². The molecule has 0 bridgehead atoms. The average molecular weight is 174 g/mol. The number of unbranched alkanes of at least 4 members (excludes halogenated alkanes) is 2. The molecule has 0 aromatic heterocycles. The van der Waals surface area contributed by atoms with Gasteiger partial charge in [0, 0.05) is 0 Å². The van der Waals surface area contributed by atoms with Gasteiger partial charge < -0.3 is 15.7 Å². The van der Waals surface area contributed by atoms with E-state index in [1.54, 1.807) is 0 Å². The van der Waals surface area contributed by atoms with E-state index in [4.69, 9.17) is 11.5 Å². The molecule has 0 aromatic carbocycles. The van der Waals surface area contributed by atoms with Crippen LogP contribution in [-0.2, 0) is 0 Å². The van der Waals surface area contributed by atoms with Crippen LogP contribution in [0.1, 0.15) is 23.5 Å². The summed E-state index contributed by atoms with van der Waals surface area (Å²) >= 11 is 0. The summed E-state index contributed by atoms with van der Waals surface area (Å²) in [5.41, 5.74) is 10.5. The molecule has 4 N–H and O–H groups in total. The van der Waals surface area contributed by atoms with Gasteiger partial charge in [0.05, 0.1) is 0 Å². The number of rotatable bonds is 4. The molecule has 2 nitrogen and oxygen atoms in total. The van der Waals surface area contributed by atoms with Gasteiger partial charge in [-0.2, -0.15) is 0 Å². The van der Waals surface area contributed by atoms with Crippen LogP contribution in [0, 0.1) is 0 Å². The summed E-state index contributed by atoms with van der Waals surface area (Å²) in [7, 11) is 0. The quantitative estimate of drug-likeness (QED) is 0.328. The van der Waals surface area contributed by atoms with Crippen molar-refractivity contribution in [3.05, 3.63) is 0 Å². The van der Waals surface area contributed by atoms with Crippen LogP contribution in [0.15, 0.2) is 0 Å². The molecule has 0 aliphatic carbocycles. The Kier molecular flexibility index (Phi) is 52.3. The molecule has 0 saturated heterocycles. The fourth-order valence-electron chi connectivity index (χ4n) is 0.465. The standard InChI is InChI=1S/C5H14N2.3Na.3H/c6-4-2-1-3-5-7;;;;;;/h1-7H2;;;;;;/q;3*+1;3*-1. The molecular formula is C5H17N2Na3. The molecule has 0 heterocycles. The molecule has 50 valence electrons. The first-order valence-electron chi connectivity index (χ1n) is 2.82. The maximum atomic E-state index is 5.23. The summed E-state index contributed by atoms with van der Waals surface area (Å²) in [6.07, 6.45) is 3.43. The van der Waals surface area contributed by atoms with E-state index in [0.717, 1.165) is 25.9 Å². The van der Waals surface area contributed by atoms with Crippen LogP contribution in [0.25, 0.3) is 0 Å².